The number of rotatable bonds is 13. The van der Waals surface area contributed by atoms with Crippen LogP contribution < -0.4 is 0 Å². The number of hydrogen-bond donors (Lipinski definition) is 2. The van der Waals surface area contributed by atoms with E-state index in [0.717, 1.165) is 19.3 Å². The third-order valence-corrected chi connectivity index (χ3v) is 4.74. The summed E-state index contributed by atoms with van der Waals surface area (Å²) in [5.41, 5.74) is -0.270. The molecule has 0 aromatic rings. The molecule has 0 aromatic carbocycles. The van der Waals surface area contributed by atoms with Crippen LogP contribution in [0.3, 0.4) is 0 Å². The highest BCUT2D eigenvalue weighted by molar-refractivity contribution is 7.46. The van der Waals surface area contributed by atoms with Gasteiger partial charge in [0.15, 0.2) is 0 Å². The summed E-state index contributed by atoms with van der Waals surface area (Å²) in [6, 6.07) is 0. The maximum absolute atomic E-state index is 10.8. The average molecular weight is 376 g/mol. The van der Waals surface area contributed by atoms with Crippen LogP contribution in [-0.2, 0) is 18.6 Å². The summed E-state index contributed by atoms with van der Waals surface area (Å²) >= 11 is 0. The zero-order valence-corrected chi connectivity index (χ0v) is 16.5. The zero-order valence-electron chi connectivity index (χ0n) is 15.6. The zero-order chi connectivity index (χ0) is 18.8. The smallest absolute Gasteiger partial charge is 0.373 e. The fourth-order valence-corrected chi connectivity index (χ4v) is 3.29. The molecule has 7 heteroatoms. The molecule has 0 bridgehead atoms. The topological polar surface area (TPSA) is 85.2 Å². The first-order chi connectivity index (χ1) is 11.8. The van der Waals surface area contributed by atoms with E-state index in [1.165, 1.54) is 19.3 Å². The molecule has 146 valence electrons. The van der Waals surface area contributed by atoms with Gasteiger partial charge in [0.2, 0.25) is 0 Å². The summed E-state index contributed by atoms with van der Waals surface area (Å²) in [5, 5.41) is 0. The van der Waals surface area contributed by atoms with Gasteiger partial charge in [0.25, 0.3) is 0 Å². The predicted octanol–water partition coefficient (Wildman–Crippen LogP) is 4.13. The minimum atomic E-state index is -4.48. The SMILES string of the molecule is CCCCCCC1(OCC(C)OCC(C)OP(=O)(O)O)C=CC=CC1. The maximum Gasteiger partial charge on any atom is 0.469 e. The Balaban J connectivity index is 2.38. The monoisotopic (exact) mass is 376 g/mol. The summed E-state index contributed by atoms with van der Waals surface area (Å²) in [7, 11) is -4.48. The summed E-state index contributed by atoms with van der Waals surface area (Å²) in [5.74, 6) is 0. The molecular formula is C18H33O6P. The van der Waals surface area contributed by atoms with E-state index in [-0.39, 0.29) is 18.3 Å². The molecule has 0 saturated carbocycles. The first-order valence-electron chi connectivity index (χ1n) is 9.10. The van der Waals surface area contributed by atoms with Crippen molar-refractivity contribution in [3.05, 3.63) is 24.3 Å². The molecule has 1 aliphatic rings. The van der Waals surface area contributed by atoms with Crippen LogP contribution in [0.1, 0.15) is 59.3 Å². The second-order valence-corrected chi connectivity index (χ2v) is 7.92. The van der Waals surface area contributed by atoms with Crippen molar-refractivity contribution < 1.29 is 28.3 Å². The second-order valence-electron chi connectivity index (χ2n) is 6.73. The molecule has 1 aliphatic carbocycles. The highest BCUT2D eigenvalue weighted by Gasteiger charge is 2.28. The van der Waals surface area contributed by atoms with E-state index >= 15 is 0 Å². The largest absolute Gasteiger partial charge is 0.469 e. The number of ether oxygens (including phenoxy) is 2. The Morgan fingerprint density at radius 2 is 1.88 bits per heavy atom. The van der Waals surface area contributed by atoms with Gasteiger partial charge in [-0.3, -0.25) is 4.52 Å². The third-order valence-electron chi connectivity index (χ3n) is 4.10. The highest BCUT2D eigenvalue weighted by Crippen LogP contribution is 2.37. The molecule has 0 aromatic heterocycles. The number of allylic oxidation sites excluding steroid dienone is 2. The van der Waals surface area contributed by atoms with Gasteiger partial charge < -0.3 is 19.3 Å². The average Bonchev–Trinajstić information content (AvgIpc) is 2.55. The molecule has 0 fully saturated rings. The number of hydrogen-bond acceptors (Lipinski definition) is 4. The van der Waals surface area contributed by atoms with Crippen molar-refractivity contribution in [1.29, 1.82) is 0 Å². The second kappa shape index (κ2) is 11.3. The van der Waals surface area contributed by atoms with E-state index in [1.54, 1.807) is 6.92 Å². The molecule has 2 N–H and O–H groups in total. The van der Waals surface area contributed by atoms with Gasteiger partial charge in [-0.1, -0.05) is 56.9 Å². The Morgan fingerprint density at radius 1 is 1.12 bits per heavy atom. The van der Waals surface area contributed by atoms with Crippen LogP contribution in [0.2, 0.25) is 0 Å². The fraction of sp³-hybridized carbons (Fsp3) is 0.778. The summed E-state index contributed by atoms with van der Waals surface area (Å²) < 4.78 is 27.1. The van der Waals surface area contributed by atoms with E-state index < -0.39 is 13.9 Å². The van der Waals surface area contributed by atoms with Gasteiger partial charge in [0.05, 0.1) is 31.0 Å². The summed E-state index contributed by atoms with van der Waals surface area (Å²) in [6.45, 7) is 6.18. The maximum atomic E-state index is 10.8. The lowest BCUT2D eigenvalue weighted by Gasteiger charge is -2.33. The van der Waals surface area contributed by atoms with Crippen LogP contribution in [0.5, 0.6) is 0 Å². The lowest BCUT2D eigenvalue weighted by atomic mass is 9.89. The normalized spacial score (nSPS) is 22.9. The molecular weight excluding hydrogens is 343 g/mol. The minimum Gasteiger partial charge on any atom is -0.373 e. The molecule has 3 atom stereocenters. The van der Waals surface area contributed by atoms with Gasteiger partial charge in [-0.05, 0) is 26.7 Å². The van der Waals surface area contributed by atoms with Crippen LogP contribution in [0.4, 0.5) is 0 Å². The molecule has 3 unspecified atom stereocenters. The highest BCUT2D eigenvalue weighted by atomic mass is 31.2. The Kier molecular flexibility index (Phi) is 10.2. The summed E-state index contributed by atoms with van der Waals surface area (Å²) in [4.78, 5) is 17.6. The van der Waals surface area contributed by atoms with Gasteiger partial charge in [-0.2, -0.15) is 0 Å². The van der Waals surface area contributed by atoms with Crippen LogP contribution in [0.15, 0.2) is 24.3 Å². The quantitative estimate of drug-likeness (QED) is 0.371. The predicted molar refractivity (Wildman–Crippen MR) is 98.3 cm³/mol. The van der Waals surface area contributed by atoms with E-state index in [2.05, 4.69) is 23.6 Å². The van der Waals surface area contributed by atoms with Crippen molar-refractivity contribution in [2.75, 3.05) is 13.2 Å². The lowest BCUT2D eigenvalue weighted by molar-refractivity contribution is -0.0830. The molecule has 6 nitrogen and oxygen atoms in total. The van der Waals surface area contributed by atoms with Crippen molar-refractivity contribution >= 4 is 7.82 Å². The number of phosphoric ester groups is 1. The molecule has 0 heterocycles. The van der Waals surface area contributed by atoms with Crippen molar-refractivity contribution in [2.24, 2.45) is 0 Å². The molecule has 0 amide bonds. The fourth-order valence-electron chi connectivity index (χ4n) is 2.76. The number of phosphoric acid groups is 1. The van der Waals surface area contributed by atoms with Crippen LogP contribution >= 0.6 is 7.82 Å². The van der Waals surface area contributed by atoms with E-state index in [9.17, 15) is 4.57 Å². The third kappa shape index (κ3) is 10.3. The van der Waals surface area contributed by atoms with Crippen LogP contribution in [0, 0.1) is 0 Å². The molecule has 0 aliphatic heterocycles. The van der Waals surface area contributed by atoms with Gasteiger partial charge in [0, 0.05) is 0 Å². The first-order valence-corrected chi connectivity index (χ1v) is 10.6. The molecule has 0 radical (unpaired) electrons. The Labute approximate surface area is 151 Å². The van der Waals surface area contributed by atoms with Gasteiger partial charge in [-0.15, -0.1) is 0 Å². The molecule has 25 heavy (non-hydrogen) atoms. The Bertz CT molecular complexity index is 472. The Morgan fingerprint density at radius 3 is 2.48 bits per heavy atom. The molecule has 0 saturated heterocycles. The first kappa shape index (κ1) is 22.6. The van der Waals surface area contributed by atoms with Gasteiger partial charge in [0.1, 0.15) is 0 Å². The van der Waals surface area contributed by atoms with Crippen LogP contribution in [-0.4, -0.2) is 40.8 Å². The number of unbranched alkanes of at least 4 members (excludes halogenated alkanes) is 3. The molecule has 1 rings (SSSR count). The summed E-state index contributed by atoms with van der Waals surface area (Å²) in [6.07, 6.45) is 14.1. The van der Waals surface area contributed by atoms with Gasteiger partial charge in [-0.25, -0.2) is 4.57 Å². The van der Waals surface area contributed by atoms with E-state index in [0.29, 0.717) is 6.61 Å². The van der Waals surface area contributed by atoms with Crippen molar-refractivity contribution in [3.63, 3.8) is 0 Å². The van der Waals surface area contributed by atoms with Gasteiger partial charge >= 0.3 is 7.82 Å². The Hall–Kier alpha value is -0.490. The standard InChI is InChI=1S/C18H33O6P/c1-4-5-6-8-11-18(12-9-7-10-13-18)23-15-16(2)22-14-17(3)24-25(19,20)21/h7,9-10,12,16-17H,4-6,8,11,13-15H2,1-3H3,(H2,19,20,21). The molecule has 0 spiro atoms. The van der Waals surface area contributed by atoms with Crippen molar-refractivity contribution in [3.8, 4) is 0 Å². The van der Waals surface area contributed by atoms with Crippen molar-refractivity contribution in [2.45, 2.75) is 77.1 Å². The van der Waals surface area contributed by atoms with Crippen LogP contribution in [0.25, 0.3) is 0 Å². The van der Waals surface area contributed by atoms with E-state index in [1.807, 2.05) is 19.1 Å². The minimum absolute atomic E-state index is 0.106. The van der Waals surface area contributed by atoms with Crippen molar-refractivity contribution in [1.82, 2.24) is 0 Å². The van der Waals surface area contributed by atoms with E-state index in [4.69, 9.17) is 19.3 Å². The lowest BCUT2D eigenvalue weighted by Crippen LogP contribution is -2.34.